The number of anilines is 1. The lowest BCUT2D eigenvalue weighted by atomic mass is 9.84. The lowest BCUT2D eigenvalue weighted by Crippen LogP contribution is -2.40. The molecule has 9 heteroatoms. The van der Waals surface area contributed by atoms with E-state index in [1.165, 1.54) is 0 Å². The number of aryl methyl sites for hydroxylation is 1. The van der Waals surface area contributed by atoms with Crippen molar-refractivity contribution in [3.8, 4) is 5.75 Å². The number of ether oxygens (including phenoxy) is 2. The molecule has 0 radical (unpaired) electrons. The van der Waals surface area contributed by atoms with Crippen molar-refractivity contribution in [2.75, 3.05) is 12.4 Å². The average Bonchev–Trinajstić information content (AvgIpc) is 3.18. The molecule has 0 bridgehead atoms. The fraction of sp³-hybridized carbons (Fsp3) is 0.400. The van der Waals surface area contributed by atoms with E-state index >= 15 is 0 Å². The van der Waals surface area contributed by atoms with E-state index in [0.717, 1.165) is 35.3 Å². The molecule has 0 spiro atoms. The third-order valence-corrected chi connectivity index (χ3v) is 7.03. The van der Waals surface area contributed by atoms with Gasteiger partial charge in [-0.05, 0) is 61.4 Å². The van der Waals surface area contributed by atoms with E-state index in [-0.39, 0.29) is 30.4 Å². The number of carbonyl (C=O) groups excluding carboxylic acids is 3. The normalized spacial score (nSPS) is 19.5. The van der Waals surface area contributed by atoms with Crippen LogP contribution in [0.5, 0.6) is 5.75 Å². The van der Waals surface area contributed by atoms with Crippen molar-refractivity contribution in [2.45, 2.75) is 51.8 Å². The summed E-state index contributed by atoms with van der Waals surface area (Å²) in [4.78, 5) is 38.9. The summed E-state index contributed by atoms with van der Waals surface area (Å²) < 4.78 is 10.3. The second-order valence-corrected chi connectivity index (χ2v) is 9.19. The highest BCUT2D eigenvalue weighted by molar-refractivity contribution is 6.34. The van der Waals surface area contributed by atoms with E-state index < -0.39 is 6.09 Å². The number of hydrogen-bond donors (Lipinski definition) is 2. The summed E-state index contributed by atoms with van der Waals surface area (Å²) >= 11 is 6.33. The molecule has 2 aromatic rings. The van der Waals surface area contributed by atoms with Crippen molar-refractivity contribution in [2.24, 2.45) is 11.7 Å². The number of nitrogens with two attached hydrogens (primary N) is 1. The summed E-state index contributed by atoms with van der Waals surface area (Å²) in [5, 5.41) is 3.37. The Hall–Kier alpha value is -3.26. The standard InChI is InChI=1S/C25H28ClN3O5/c1-14-3-7-17(11-21(14)33-2)28-23(30)15-4-8-18(9-5-15)29-12-19-16(13-34-25(27)32)6-10-20(26)22(19)24(29)31/h3,6-7,10-11,15,18H,4-5,8-9,12-13H2,1-2H3,(H2,27,32)(H,28,30). The van der Waals surface area contributed by atoms with Gasteiger partial charge >= 0.3 is 6.09 Å². The summed E-state index contributed by atoms with van der Waals surface area (Å²) in [7, 11) is 1.61. The van der Waals surface area contributed by atoms with E-state index in [2.05, 4.69) is 5.32 Å². The molecular formula is C25H28ClN3O5. The number of nitrogens with zero attached hydrogens (tertiary/aromatic N) is 1. The van der Waals surface area contributed by atoms with Crippen molar-refractivity contribution < 1.29 is 23.9 Å². The Bertz CT molecular complexity index is 1130. The molecule has 2 aromatic carbocycles. The predicted octanol–water partition coefficient (Wildman–Crippen LogP) is 4.41. The minimum atomic E-state index is -0.870. The first-order valence-electron chi connectivity index (χ1n) is 11.3. The molecule has 8 nitrogen and oxygen atoms in total. The molecule has 0 aromatic heterocycles. The maximum atomic E-state index is 13.2. The van der Waals surface area contributed by atoms with E-state index in [0.29, 0.717) is 35.7 Å². The molecule has 1 heterocycles. The molecular weight excluding hydrogens is 458 g/mol. The van der Waals surface area contributed by atoms with Crippen molar-refractivity contribution in [3.05, 3.63) is 57.6 Å². The van der Waals surface area contributed by atoms with Crippen LogP contribution in [-0.2, 0) is 22.7 Å². The van der Waals surface area contributed by atoms with Gasteiger partial charge in [0.05, 0.1) is 17.7 Å². The Kier molecular flexibility index (Phi) is 6.97. The maximum Gasteiger partial charge on any atom is 0.404 e. The van der Waals surface area contributed by atoms with E-state index in [1.54, 1.807) is 19.2 Å². The molecule has 1 aliphatic carbocycles. The Morgan fingerprint density at radius 3 is 2.59 bits per heavy atom. The number of nitrogens with one attached hydrogen (secondary N) is 1. The van der Waals surface area contributed by atoms with E-state index in [9.17, 15) is 14.4 Å². The monoisotopic (exact) mass is 485 g/mol. The Morgan fingerprint density at radius 2 is 1.91 bits per heavy atom. The molecule has 2 aliphatic rings. The van der Waals surface area contributed by atoms with Gasteiger partial charge in [0.25, 0.3) is 5.91 Å². The number of primary amides is 1. The molecule has 0 saturated heterocycles. The molecule has 1 fully saturated rings. The number of amides is 3. The SMILES string of the molecule is COc1cc(NC(=O)C2CCC(N3Cc4c(COC(N)=O)ccc(Cl)c4C3=O)CC2)ccc1C. The fourth-order valence-corrected chi connectivity index (χ4v) is 5.09. The zero-order valence-corrected chi connectivity index (χ0v) is 20.0. The minimum Gasteiger partial charge on any atom is -0.496 e. The number of rotatable bonds is 6. The van der Waals surface area contributed by atoms with Crippen LogP contribution in [0, 0.1) is 12.8 Å². The summed E-state index contributed by atoms with van der Waals surface area (Å²) in [6.45, 7) is 2.34. The largest absolute Gasteiger partial charge is 0.496 e. The first kappa shape index (κ1) is 23.9. The number of hydrogen-bond acceptors (Lipinski definition) is 5. The highest BCUT2D eigenvalue weighted by atomic mass is 35.5. The number of carbonyl (C=O) groups is 3. The van der Waals surface area contributed by atoms with Crippen LogP contribution in [0.2, 0.25) is 5.02 Å². The molecule has 34 heavy (non-hydrogen) atoms. The third kappa shape index (κ3) is 4.82. The van der Waals surface area contributed by atoms with Crippen LogP contribution in [0.15, 0.2) is 30.3 Å². The molecule has 0 atom stereocenters. The topological polar surface area (TPSA) is 111 Å². The van der Waals surface area contributed by atoms with Gasteiger partial charge in [-0.2, -0.15) is 0 Å². The highest BCUT2D eigenvalue weighted by Crippen LogP contribution is 2.37. The number of benzene rings is 2. The fourth-order valence-electron chi connectivity index (χ4n) is 4.83. The van der Waals surface area contributed by atoms with Gasteiger partial charge < -0.3 is 25.4 Å². The lowest BCUT2D eigenvalue weighted by Gasteiger charge is -2.34. The van der Waals surface area contributed by atoms with Crippen LogP contribution in [0.25, 0.3) is 0 Å². The first-order chi connectivity index (χ1) is 16.3. The molecule has 4 rings (SSSR count). The van der Waals surface area contributed by atoms with Crippen molar-refractivity contribution in [1.29, 1.82) is 0 Å². The zero-order valence-electron chi connectivity index (χ0n) is 19.2. The van der Waals surface area contributed by atoms with Gasteiger partial charge in [-0.15, -0.1) is 0 Å². The van der Waals surface area contributed by atoms with Crippen LogP contribution in [0.1, 0.15) is 52.7 Å². The van der Waals surface area contributed by atoms with Gasteiger partial charge in [0.15, 0.2) is 0 Å². The molecule has 3 N–H and O–H groups in total. The Morgan fingerprint density at radius 1 is 1.18 bits per heavy atom. The smallest absolute Gasteiger partial charge is 0.404 e. The van der Waals surface area contributed by atoms with Gasteiger partial charge in [0.2, 0.25) is 5.91 Å². The van der Waals surface area contributed by atoms with Crippen LogP contribution in [-0.4, -0.2) is 36.0 Å². The predicted molar refractivity (Wildman–Crippen MR) is 128 cm³/mol. The van der Waals surface area contributed by atoms with Gasteiger partial charge in [-0.25, -0.2) is 4.79 Å². The average molecular weight is 486 g/mol. The van der Waals surface area contributed by atoms with E-state index in [4.69, 9.17) is 26.8 Å². The van der Waals surface area contributed by atoms with Crippen LogP contribution in [0.3, 0.4) is 0 Å². The number of fused-ring (bicyclic) bond motifs is 1. The lowest BCUT2D eigenvalue weighted by molar-refractivity contribution is -0.121. The summed E-state index contributed by atoms with van der Waals surface area (Å²) in [5.41, 5.74) is 8.75. The van der Waals surface area contributed by atoms with Crippen molar-refractivity contribution >= 4 is 35.2 Å². The summed E-state index contributed by atoms with van der Waals surface area (Å²) in [6, 6.07) is 9.01. The van der Waals surface area contributed by atoms with Gasteiger partial charge in [0, 0.05) is 30.3 Å². The molecule has 0 unspecified atom stereocenters. The highest BCUT2D eigenvalue weighted by Gasteiger charge is 2.38. The Labute approximate surface area is 203 Å². The first-order valence-corrected chi connectivity index (χ1v) is 11.6. The maximum absolute atomic E-state index is 13.2. The van der Waals surface area contributed by atoms with Crippen LogP contribution >= 0.6 is 11.6 Å². The molecule has 1 aliphatic heterocycles. The number of methoxy groups -OCH3 is 1. The zero-order chi connectivity index (χ0) is 24.4. The van der Waals surface area contributed by atoms with E-state index in [1.807, 2.05) is 30.0 Å². The number of halogens is 1. The second kappa shape index (κ2) is 9.93. The third-order valence-electron chi connectivity index (χ3n) is 6.72. The second-order valence-electron chi connectivity index (χ2n) is 8.78. The Balaban J connectivity index is 1.39. The van der Waals surface area contributed by atoms with Gasteiger partial charge in [0.1, 0.15) is 12.4 Å². The molecule has 1 saturated carbocycles. The summed E-state index contributed by atoms with van der Waals surface area (Å²) in [5.74, 6) is 0.467. The molecule has 180 valence electrons. The van der Waals surface area contributed by atoms with Crippen LogP contribution < -0.4 is 15.8 Å². The van der Waals surface area contributed by atoms with Crippen LogP contribution in [0.4, 0.5) is 10.5 Å². The van der Waals surface area contributed by atoms with Gasteiger partial charge in [-0.1, -0.05) is 23.7 Å². The summed E-state index contributed by atoms with van der Waals surface area (Å²) in [6.07, 6.45) is 1.95. The van der Waals surface area contributed by atoms with Crippen molar-refractivity contribution in [3.63, 3.8) is 0 Å². The molecule has 3 amide bonds. The quantitative estimate of drug-likeness (QED) is 0.629. The minimum absolute atomic E-state index is 0.00728. The van der Waals surface area contributed by atoms with Gasteiger partial charge in [-0.3, -0.25) is 9.59 Å². The van der Waals surface area contributed by atoms with Crippen molar-refractivity contribution in [1.82, 2.24) is 4.90 Å².